The summed E-state index contributed by atoms with van der Waals surface area (Å²) in [5.41, 5.74) is 9.04. The first-order chi connectivity index (χ1) is 21.1. The highest BCUT2D eigenvalue weighted by Gasteiger charge is 2.40. The maximum Gasteiger partial charge on any atom is 0.0701 e. The van der Waals surface area contributed by atoms with E-state index in [0.29, 0.717) is 0 Å². The first-order valence-electron chi connectivity index (χ1n) is 14.6. The van der Waals surface area contributed by atoms with Gasteiger partial charge in [0, 0.05) is 6.21 Å². The number of allylic oxidation sites excluding steroid dienone is 9. The van der Waals surface area contributed by atoms with Crippen LogP contribution in [0.15, 0.2) is 179 Å². The van der Waals surface area contributed by atoms with Crippen LogP contribution in [-0.4, -0.2) is 12.8 Å². The highest BCUT2D eigenvalue weighted by atomic mass is 14.7. The van der Waals surface area contributed by atoms with Crippen LogP contribution in [0.3, 0.4) is 0 Å². The van der Waals surface area contributed by atoms with Crippen LogP contribution in [0.1, 0.15) is 29.2 Å². The second-order valence-electron chi connectivity index (χ2n) is 10.8. The summed E-state index contributed by atoms with van der Waals surface area (Å²) < 4.78 is 0. The van der Waals surface area contributed by atoms with E-state index in [1.165, 1.54) is 16.7 Å². The quantitative estimate of drug-likeness (QED) is 0.162. The Morgan fingerprint density at radius 1 is 0.837 bits per heavy atom. The average Bonchev–Trinajstić information content (AvgIpc) is 3.52. The van der Waals surface area contributed by atoms with Crippen LogP contribution < -0.4 is 10.6 Å². The van der Waals surface area contributed by atoms with Gasteiger partial charge < -0.3 is 0 Å². The minimum absolute atomic E-state index is 0.594. The minimum Gasteiger partial charge on any atom is -0.281 e. The molecule has 0 atom stereocenters. The summed E-state index contributed by atoms with van der Waals surface area (Å²) in [5.74, 6) is 0. The van der Waals surface area contributed by atoms with Crippen LogP contribution in [0, 0.1) is 0 Å². The number of aliphatic imine (C=N–C) groups is 1. The lowest BCUT2D eigenvalue weighted by Gasteiger charge is -2.39. The third-order valence-electron chi connectivity index (χ3n) is 8.15. The van der Waals surface area contributed by atoms with E-state index >= 15 is 0 Å². The van der Waals surface area contributed by atoms with E-state index in [0.717, 1.165) is 50.7 Å². The smallest absolute Gasteiger partial charge is 0.0701 e. The highest BCUT2D eigenvalue weighted by molar-refractivity contribution is 5.90. The molecule has 2 heteroatoms. The lowest BCUT2D eigenvalue weighted by atomic mass is 9.63. The molecule has 1 aliphatic carbocycles. The average molecular weight is 555 g/mol. The van der Waals surface area contributed by atoms with Gasteiger partial charge >= 0.3 is 0 Å². The lowest BCUT2D eigenvalue weighted by Crippen LogP contribution is -2.32. The lowest BCUT2D eigenvalue weighted by molar-refractivity contribution is 0.743. The van der Waals surface area contributed by atoms with Crippen LogP contribution >= 0.6 is 0 Å². The first kappa shape index (κ1) is 27.8. The molecule has 43 heavy (non-hydrogen) atoms. The topological polar surface area (TPSA) is 24.7 Å². The molecular weight excluding hydrogens is 520 g/mol. The van der Waals surface area contributed by atoms with Crippen molar-refractivity contribution in [1.82, 2.24) is 0 Å². The number of nitrogens with zero attached hydrogens (tertiary/aromatic N) is 2. The minimum atomic E-state index is -0.594. The van der Waals surface area contributed by atoms with Gasteiger partial charge in [-0.25, -0.2) is 0 Å². The number of hydrogen-bond acceptors (Lipinski definition) is 2. The molecule has 0 saturated heterocycles. The zero-order valence-corrected chi connectivity index (χ0v) is 24.4. The normalized spacial score (nSPS) is 17.9. The molecule has 0 N–H and O–H groups in total. The predicted octanol–water partition coefficient (Wildman–Crippen LogP) is 8.41. The van der Waals surface area contributed by atoms with Crippen LogP contribution in [-0.2, 0) is 5.41 Å². The SMILES string of the molecule is C=C/C(C)=C/C=C(C=Nc1ccc2c(c1)=CCN=2)/C1=C/C(=C)C(c2ccccc2)(c2ccccc2)c2ccccc2/C=C\1. The Balaban J connectivity index is 1.57. The fourth-order valence-electron chi connectivity index (χ4n) is 5.90. The summed E-state index contributed by atoms with van der Waals surface area (Å²) in [6, 6.07) is 36.2. The van der Waals surface area contributed by atoms with Crippen molar-refractivity contribution < 1.29 is 0 Å². The summed E-state index contributed by atoms with van der Waals surface area (Å²) in [6.45, 7) is 11.5. The number of hydrogen-bond donors (Lipinski definition) is 0. The van der Waals surface area contributed by atoms with Crippen molar-refractivity contribution in [3.8, 4) is 0 Å². The van der Waals surface area contributed by atoms with Gasteiger partial charge in [0.2, 0.25) is 0 Å². The Labute approximate surface area is 254 Å². The Morgan fingerprint density at radius 3 is 2.26 bits per heavy atom. The maximum atomic E-state index is 4.92. The van der Waals surface area contributed by atoms with Gasteiger partial charge in [-0.2, -0.15) is 0 Å². The molecule has 4 aromatic rings. The Bertz CT molecular complexity index is 1930. The second kappa shape index (κ2) is 12.3. The Hall–Kier alpha value is -5.34. The van der Waals surface area contributed by atoms with Crippen molar-refractivity contribution >= 4 is 24.1 Å². The first-order valence-corrected chi connectivity index (χ1v) is 14.6. The molecule has 0 unspecified atom stereocenters. The van der Waals surface area contributed by atoms with Crippen molar-refractivity contribution in [2.75, 3.05) is 6.54 Å². The van der Waals surface area contributed by atoms with Gasteiger partial charge in [-0.1, -0.05) is 146 Å². The molecular formula is C41H34N2. The largest absolute Gasteiger partial charge is 0.281 e. The number of benzene rings is 4. The van der Waals surface area contributed by atoms with Crippen LogP contribution in [0.5, 0.6) is 0 Å². The van der Waals surface area contributed by atoms with Gasteiger partial charge in [0.1, 0.15) is 0 Å². The molecule has 1 aliphatic heterocycles. The van der Waals surface area contributed by atoms with Crippen LogP contribution in [0.25, 0.3) is 12.2 Å². The van der Waals surface area contributed by atoms with Crippen molar-refractivity contribution in [3.63, 3.8) is 0 Å². The summed E-state index contributed by atoms with van der Waals surface area (Å²) >= 11 is 0. The second-order valence-corrected chi connectivity index (χ2v) is 10.8. The zero-order valence-electron chi connectivity index (χ0n) is 24.4. The van der Waals surface area contributed by atoms with Crippen LogP contribution in [0.4, 0.5) is 5.69 Å². The van der Waals surface area contributed by atoms with E-state index in [-0.39, 0.29) is 0 Å². The predicted molar refractivity (Wildman–Crippen MR) is 182 cm³/mol. The third kappa shape index (κ3) is 5.48. The summed E-state index contributed by atoms with van der Waals surface area (Å²) in [7, 11) is 0. The summed E-state index contributed by atoms with van der Waals surface area (Å²) in [6.07, 6.45) is 16.7. The monoisotopic (exact) mass is 554 g/mol. The van der Waals surface area contributed by atoms with Crippen molar-refractivity contribution in [1.29, 1.82) is 0 Å². The van der Waals surface area contributed by atoms with E-state index < -0.39 is 5.41 Å². The standard InChI is InChI=1S/C41H34N2/c1-4-30(2)19-20-35(29-43-38-23-24-40-34(28-38)25-26-42-40)33-22-21-32-13-11-12-18-39(32)41(31(3)27-33,36-14-7-5-8-15-36)37-16-9-6-10-17-37/h4-25,27-29H,1,3,26H2,2H3/b22-21-,30-19+,33-27+,35-20+,43-29?. The molecule has 6 rings (SSSR count). The van der Waals surface area contributed by atoms with Gasteiger partial charge in [0.25, 0.3) is 0 Å². The highest BCUT2D eigenvalue weighted by Crippen LogP contribution is 2.48. The van der Waals surface area contributed by atoms with E-state index in [1.54, 1.807) is 0 Å². The third-order valence-corrected chi connectivity index (χ3v) is 8.15. The van der Waals surface area contributed by atoms with Gasteiger partial charge in [0.15, 0.2) is 0 Å². The van der Waals surface area contributed by atoms with Gasteiger partial charge in [-0.05, 0) is 69.3 Å². The zero-order chi connectivity index (χ0) is 29.6. The Morgan fingerprint density at radius 2 is 1.53 bits per heavy atom. The fourth-order valence-corrected chi connectivity index (χ4v) is 5.90. The molecule has 0 bridgehead atoms. The molecule has 2 aliphatic rings. The molecule has 0 saturated carbocycles. The van der Waals surface area contributed by atoms with E-state index in [4.69, 9.17) is 11.6 Å². The van der Waals surface area contributed by atoms with Crippen molar-refractivity contribution in [2.45, 2.75) is 12.3 Å². The van der Waals surface area contributed by atoms with E-state index in [2.05, 4.69) is 139 Å². The Kier molecular flexibility index (Phi) is 7.93. The molecule has 2 nitrogen and oxygen atoms in total. The molecule has 4 aromatic carbocycles. The van der Waals surface area contributed by atoms with Gasteiger partial charge in [-0.3, -0.25) is 9.98 Å². The number of fused-ring (bicyclic) bond motifs is 2. The molecule has 0 radical (unpaired) electrons. The van der Waals surface area contributed by atoms with Crippen molar-refractivity contribution in [2.24, 2.45) is 9.98 Å². The molecule has 0 aromatic heterocycles. The summed E-state index contributed by atoms with van der Waals surface area (Å²) in [5, 5.41) is 2.16. The molecule has 208 valence electrons. The molecule has 0 fully saturated rings. The molecule has 0 spiro atoms. The maximum absolute atomic E-state index is 4.92. The van der Waals surface area contributed by atoms with Crippen molar-refractivity contribution in [3.05, 3.63) is 202 Å². The van der Waals surface area contributed by atoms with Gasteiger partial charge in [-0.15, -0.1) is 0 Å². The number of rotatable bonds is 7. The van der Waals surface area contributed by atoms with E-state index in [9.17, 15) is 0 Å². The van der Waals surface area contributed by atoms with Crippen LogP contribution in [0.2, 0.25) is 0 Å². The summed E-state index contributed by atoms with van der Waals surface area (Å²) in [4.78, 5) is 9.44. The molecule has 1 heterocycles. The molecule has 0 amide bonds. The fraction of sp³-hybridized carbons (Fsp3) is 0.0732. The van der Waals surface area contributed by atoms with Gasteiger partial charge in [0.05, 0.1) is 23.0 Å². The van der Waals surface area contributed by atoms with E-state index in [1.807, 2.05) is 31.3 Å².